The molecule has 3 aromatic rings. The van der Waals surface area contributed by atoms with Crippen molar-refractivity contribution in [1.82, 2.24) is 4.98 Å². The molecule has 10 heteroatoms. The van der Waals surface area contributed by atoms with Gasteiger partial charge in [0.05, 0.1) is 51.5 Å². The predicted octanol–water partition coefficient (Wildman–Crippen LogP) is 3.98. The maximum atomic E-state index is 12.4. The molecule has 0 aliphatic heterocycles. The summed E-state index contributed by atoms with van der Waals surface area (Å²) in [4.78, 5) is 16.9. The number of carbonyl (C=O) groups excluding carboxylic acids is 1. The van der Waals surface area contributed by atoms with Crippen molar-refractivity contribution in [1.29, 1.82) is 0 Å². The number of hydrogen-bond acceptors (Lipinski definition) is 8. The molecule has 0 saturated heterocycles. The zero-order valence-electron chi connectivity index (χ0n) is 16.6. The molecule has 0 saturated carbocycles. The third-order valence-electron chi connectivity index (χ3n) is 4.04. The second-order valence-electron chi connectivity index (χ2n) is 5.69. The number of fused-ring (bicyclic) bond motifs is 1. The number of urea groups is 1. The molecule has 0 atom stereocenters. The third kappa shape index (κ3) is 4.21. The van der Waals surface area contributed by atoms with Gasteiger partial charge in [-0.2, -0.15) is 0 Å². The molecule has 9 nitrogen and oxygen atoms in total. The molecule has 0 unspecified atom stereocenters. The lowest BCUT2D eigenvalue weighted by Gasteiger charge is -2.14. The Kier molecular flexibility index (Phi) is 6.13. The van der Waals surface area contributed by atoms with Crippen LogP contribution in [0.2, 0.25) is 0 Å². The Morgan fingerprint density at radius 2 is 1.38 bits per heavy atom. The zero-order chi connectivity index (χ0) is 21.0. The average Bonchev–Trinajstić information content (AvgIpc) is 3.12. The van der Waals surface area contributed by atoms with Gasteiger partial charge in [0, 0.05) is 24.3 Å². The molecule has 2 amide bonds. The first-order valence-electron chi connectivity index (χ1n) is 8.43. The minimum atomic E-state index is -0.461. The van der Waals surface area contributed by atoms with Crippen LogP contribution in [0.4, 0.5) is 15.6 Å². The van der Waals surface area contributed by atoms with Gasteiger partial charge in [-0.3, -0.25) is 5.32 Å². The van der Waals surface area contributed by atoms with Crippen LogP contribution in [0.5, 0.6) is 28.7 Å². The number of thiazole rings is 1. The Hall–Kier alpha value is -3.40. The molecule has 1 aromatic heterocycles. The molecular formula is C19H21N3O6S. The van der Waals surface area contributed by atoms with Gasteiger partial charge in [-0.05, 0) is 0 Å². The fraction of sp³-hybridized carbons (Fsp3) is 0.263. The fourth-order valence-corrected chi connectivity index (χ4v) is 3.59. The molecular weight excluding hydrogens is 398 g/mol. The van der Waals surface area contributed by atoms with E-state index in [0.29, 0.717) is 45.1 Å². The third-order valence-corrected chi connectivity index (χ3v) is 4.97. The first-order chi connectivity index (χ1) is 14.0. The maximum absolute atomic E-state index is 12.4. The van der Waals surface area contributed by atoms with E-state index in [4.69, 9.17) is 23.7 Å². The number of nitrogens with zero attached hydrogens (tertiary/aromatic N) is 1. The molecule has 154 valence electrons. The predicted molar refractivity (Wildman–Crippen MR) is 111 cm³/mol. The highest BCUT2D eigenvalue weighted by Crippen LogP contribution is 2.40. The highest BCUT2D eigenvalue weighted by Gasteiger charge is 2.16. The number of benzene rings is 2. The van der Waals surface area contributed by atoms with Crippen LogP contribution in [0.1, 0.15) is 0 Å². The molecule has 29 heavy (non-hydrogen) atoms. The quantitative estimate of drug-likeness (QED) is 0.597. The van der Waals surface area contributed by atoms with E-state index in [1.807, 2.05) is 6.07 Å². The number of hydrogen-bond donors (Lipinski definition) is 2. The van der Waals surface area contributed by atoms with Crippen molar-refractivity contribution in [2.45, 2.75) is 0 Å². The van der Waals surface area contributed by atoms with Gasteiger partial charge in [0.1, 0.15) is 0 Å². The van der Waals surface area contributed by atoms with Crippen molar-refractivity contribution in [2.75, 3.05) is 46.2 Å². The largest absolute Gasteiger partial charge is 0.493 e. The van der Waals surface area contributed by atoms with Crippen molar-refractivity contribution in [2.24, 2.45) is 0 Å². The summed E-state index contributed by atoms with van der Waals surface area (Å²) >= 11 is 1.32. The SMILES string of the molecule is COc1cc2nc(NC(=O)Nc3cc(OC)c(OC)c(OC)c3)sc2cc1OC. The Balaban J connectivity index is 1.80. The smallest absolute Gasteiger partial charge is 0.325 e. The number of amides is 2. The number of methoxy groups -OCH3 is 5. The van der Waals surface area contributed by atoms with Gasteiger partial charge < -0.3 is 29.0 Å². The van der Waals surface area contributed by atoms with Gasteiger partial charge in [-0.1, -0.05) is 11.3 Å². The average molecular weight is 419 g/mol. The fourth-order valence-electron chi connectivity index (χ4n) is 2.72. The van der Waals surface area contributed by atoms with Gasteiger partial charge in [0.2, 0.25) is 5.75 Å². The van der Waals surface area contributed by atoms with E-state index >= 15 is 0 Å². The number of rotatable bonds is 7. The molecule has 2 aromatic carbocycles. The minimum absolute atomic E-state index is 0.431. The summed E-state index contributed by atoms with van der Waals surface area (Å²) in [6.45, 7) is 0. The molecule has 0 aliphatic carbocycles. The van der Waals surface area contributed by atoms with E-state index in [2.05, 4.69) is 15.6 Å². The molecule has 0 spiro atoms. The Labute approximate surface area is 171 Å². The summed E-state index contributed by atoms with van der Waals surface area (Å²) in [5.41, 5.74) is 1.16. The monoisotopic (exact) mass is 419 g/mol. The molecule has 0 fully saturated rings. The number of carbonyl (C=O) groups is 1. The van der Waals surface area contributed by atoms with Crippen LogP contribution in [0.25, 0.3) is 10.2 Å². The van der Waals surface area contributed by atoms with Gasteiger partial charge in [-0.25, -0.2) is 9.78 Å². The van der Waals surface area contributed by atoms with Crippen molar-refractivity contribution in [3.8, 4) is 28.7 Å². The normalized spacial score (nSPS) is 10.4. The van der Waals surface area contributed by atoms with Crippen molar-refractivity contribution in [3.05, 3.63) is 24.3 Å². The molecule has 2 N–H and O–H groups in total. The van der Waals surface area contributed by atoms with Crippen LogP contribution in [0.15, 0.2) is 24.3 Å². The van der Waals surface area contributed by atoms with Gasteiger partial charge >= 0.3 is 6.03 Å². The summed E-state index contributed by atoms with van der Waals surface area (Å²) in [6.07, 6.45) is 0. The summed E-state index contributed by atoms with van der Waals surface area (Å²) in [5, 5.41) is 5.88. The Bertz CT molecular complexity index is 970. The van der Waals surface area contributed by atoms with Gasteiger partial charge in [0.25, 0.3) is 0 Å². The summed E-state index contributed by atoms with van der Waals surface area (Å²) in [7, 11) is 7.64. The Morgan fingerprint density at radius 3 is 1.93 bits per heavy atom. The van der Waals surface area contributed by atoms with E-state index in [1.165, 1.54) is 32.7 Å². The lowest BCUT2D eigenvalue weighted by molar-refractivity contribution is 0.262. The van der Waals surface area contributed by atoms with Crippen LogP contribution in [-0.4, -0.2) is 46.6 Å². The minimum Gasteiger partial charge on any atom is -0.493 e. The second-order valence-corrected chi connectivity index (χ2v) is 6.72. The van der Waals surface area contributed by atoms with E-state index in [0.717, 1.165) is 4.70 Å². The molecule has 1 heterocycles. The molecule has 3 rings (SSSR count). The van der Waals surface area contributed by atoms with Crippen LogP contribution < -0.4 is 34.3 Å². The second kappa shape index (κ2) is 8.74. The van der Waals surface area contributed by atoms with Gasteiger partial charge in [0.15, 0.2) is 28.1 Å². The van der Waals surface area contributed by atoms with E-state index in [9.17, 15) is 4.79 Å². The summed E-state index contributed by atoms with van der Waals surface area (Å²) < 4.78 is 27.3. The van der Waals surface area contributed by atoms with E-state index < -0.39 is 6.03 Å². The molecule has 0 bridgehead atoms. The van der Waals surface area contributed by atoms with Gasteiger partial charge in [-0.15, -0.1) is 0 Å². The van der Waals surface area contributed by atoms with Crippen LogP contribution >= 0.6 is 11.3 Å². The highest BCUT2D eigenvalue weighted by atomic mass is 32.1. The van der Waals surface area contributed by atoms with E-state index in [-0.39, 0.29) is 0 Å². The number of anilines is 2. The summed E-state index contributed by atoms with van der Waals surface area (Å²) in [6, 6.07) is 6.38. The van der Waals surface area contributed by atoms with Crippen LogP contribution in [0, 0.1) is 0 Å². The van der Waals surface area contributed by atoms with Crippen molar-refractivity contribution in [3.63, 3.8) is 0 Å². The Morgan fingerprint density at radius 1 is 0.793 bits per heavy atom. The highest BCUT2D eigenvalue weighted by molar-refractivity contribution is 7.22. The number of nitrogens with one attached hydrogen (secondary N) is 2. The standard InChI is InChI=1S/C19H21N3O6S/c1-24-12-8-11-16(9-13(12)25-2)29-19(21-11)22-18(23)20-10-6-14(26-3)17(28-5)15(7-10)27-4/h6-9H,1-5H3,(H2,20,21,22,23). The number of ether oxygens (including phenoxy) is 5. The first-order valence-corrected chi connectivity index (χ1v) is 9.25. The lowest BCUT2D eigenvalue weighted by atomic mass is 10.2. The summed E-state index contributed by atoms with van der Waals surface area (Å²) in [5.74, 6) is 2.47. The van der Waals surface area contributed by atoms with Crippen molar-refractivity contribution < 1.29 is 28.5 Å². The number of aromatic nitrogens is 1. The molecule has 0 aliphatic rings. The molecule has 0 radical (unpaired) electrons. The van der Waals surface area contributed by atoms with Crippen LogP contribution in [-0.2, 0) is 0 Å². The van der Waals surface area contributed by atoms with Crippen molar-refractivity contribution >= 4 is 38.4 Å². The zero-order valence-corrected chi connectivity index (χ0v) is 17.4. The topological polar surface area (TPSA) is 100 Å². The van der Waals surface area contributed by atoms with Crippen LogP contribution in [0.3, 0.4) is 0 Å². The lowest BCUT2D eigenvalue weighted by Crippen LogP contribution is -2.19. The maximum Gasteiger partial charge on any atom is 0.325 e. The van der Waals surface area contributed by atoms with E-state index in [1.54, 1.807) is 32.4 Å². The first kappa shape index (κ1) is 20.3.